The molecular formula is C12H11Cl3O. The summed E-state index contributed by atoms with van der Waals surface area (Å²) < 4.78 is 5.12. The third-order valence-corrected chi connectivity index (χ3v) is 8.03. The zero-order chi connectivity index (χ0) is 10.6. The van der Waals surface area contributed by atoms with Gasteiger partial charge in [-0.25, -0.2) is 0 Å². The van der Waals surface area contributed by atoms with Gasteiger partial charge in [0.05, 0.1) is 6.10 Å². The van der Waals surface area contributed by atoms with Gasteiger partial charge in [-0.3, -0.25) is 0 Å². The number of ether oxygens (including phenoxy) is 1. The van der Waals surface area contributed by atoms with Gasteiger partial charge in [0.25, 0.3) is 0 Å². The highest BCUT2D eigenvalue weighted by Crippen LogP contribution is 2.92. The van der Waals surface area contributed by atoms with Crippen molar-refractivity contribution in [3.63, 3.8) is 0 Å². The Morgan fingerprint density at radius 1 is 0.938 bits per heavy atom. The van der Waals surface area contributed by atoms with Crippen molar-refractivity contribution in [2.45, 2.75) is 21.9 Å². The quantitative estimate of drug-likeness (QED) is 0.619. The zero-order valence-corrected chi connectivity index (χ0v) is 10.7. The molecule has 1 nitrogen and oxygen atoms in total. The molecule has 2 saturated heterocycles. The third-order valence-electron chi connectivity index (χ3n) is 7.14. The Labute approximate surface area is 109 Å². The van der Waals surface area contributed by atoms with Crippen LogP contribution in [0.4, 0.5) is 0 Å². The van der Waals surface area contributed by atoms with Gasteiger partial charge in [0.15, 0.2) is 0 Å². The molecule has 2 heterocycles. The molecule has 0 N–H and O–H groups in total. The highest BCUT2D eigenvalue weighted by molar-refractivity contribution is 6.68. The fourth-order valence-electron chi connectivity index (χ4n) is 7.46. The van der Waals surface area contributed by atoms with Crippen LogP contribution in [0, 0.1) is 47.3 Å². The van der Waals surface area contributed by atoms with Crippen LogP contribution in [0.25, 0.3) is 0 Å². The largest absolute Gasteiger partial charge is 0.366 e. The number of hydrogen-bond donors (Lipinski definition) is 0. The summed E-state index contributed by atoms with van der Waals surface area (Å²) in [5.74, 6) is 6.28. The normalized spacial score (nSPS) is 79.3. The van der Waals surface area contributed by atoms with Crippen molar-refractivity contribution in [1.29, 1.82) is 0 Å². The Bertz CT molecular complexity index is 436. The van der Waals surface area contributed by atoms with Gasteiger partial charge in [-0.2, -0.15) is 0 Å². The molecular weight excluding hydrogens is 266 g/mol. The fourth-order valence-corrected chi connectivity index (χ4v) is 8.35. The standard InChI is InChI=1S/C12H11Cl3O/c13-12(14,15)11-8-3-1-2-4-5(3)9(11)7(4)10(16-11)6(2)8/h2-10H,1H2/t2-,3-,4-,5-,6+,7+,8+,9-,10+,11-/m0/s1. The summed E-state index contributed by atoms with van der Waals surface area (Å²) in [7, 11) is 0. The molecule has 86 valence electrons. The van der Waals surface area contributed by atoms with Crippen molar-refractivity contribution in [2.24, 2.45) is 47.3 Å². The lowest BCUT2D eigenvalue weighted by Crippen LogP contribution is -2.54. The molecule has 0 aromatic carbocycles. The molecule has 0 spiro atoms. The van der Waals surface area contributed by atoms with Crippen LogP contribution in [0.5, 0.6) is 0 Å². The van der Waals surface area contributed by atoms with Crippen LogP contribution in [0.2, 0.25) is 0 Å². The minimum Gasteiger partial charge on any atom is -0.366 e. The second-order valence-corrected chi connectivity index (χ2v) is 9.08. The van der Waals surface area contributed by atoms with E-state index in [0.717, 1.165) is 35.5 Å². The van der Waals surface area contributed by atoms with Crippen molar-refractivity contribution in [3.8, 4) is 0 Å². The van der Waals surface area contributed by atoms with Crippen molar-refractivity contribution in [3.05, 3.63) is 0 Å². The van der Waals surface area contributed by atoms with E-state index >= 15 is 0 Å². The summed E-state index contributed by atoms with van der Waals surface area (Å²) >= 11 is 18.9. The number of halogens is 3. The van der Waals surface area contributed by atoms with E-state index in [9.17, 15) is 0 Å². The number of hydrogen-bond acceptors (Lipinski definition) is 1. The van der Waals surface area contributed by atoms with Crippen LogP contribution in [-0.4, -0.2) is 15.5 Å². The van der Waals surface area contributed by atoms with Crippen molar-refractivity contribution in [2.75, 3.05) is 0 Å². The average molecular weight is 278 g/mol. The predicted molar refractivity (Wildman–Crippen MR) is 60.4 cm³/mol. The third kappa shape index (κ3) is 0.507. The molecule has 7 aliphatic rings. The summed E-state index contributed by atoms with van der Waals surface area (Å²) in [6.07, 6.45) is 1.88. The number of rotatable bonds is 0. The topological polar surface area (TPSA) is 9.23 Å². The molecule has 7 fully saturated rings. The van der Waals surface area contributed by atoms with Gasteiger partial charge in [0.1, 0.15) is 5.60 Å². The molecule has 4 bridgehead atoms. The first kappa shape index (κ1) is 8.85. The van der Waals surface area contributed by atoms with Crippen LogP contribution >= 0.6 is 34.8 Å². The second-order valence-electron chi connectivity index (χ2n) is 6.80. The average Bonchev–Trinajstić information content (AvgIpc) is 2.68. The lowest BCUT2D eigenvalue weighted by molar-refractivity contribution is -0.0275. The Morgan fingerprint density at radius 2 is 1.75 bits per heavy atom. The van der Waals surface area contributed by atoms with Gasteiger partial charge >= 0.3 is 0 Å². The molecule has 2 aliphatic heterocycles. The Balaban J connectivity index is 1.71. The zero-order valence-electron chi connectivity index (χ0n) is 8.45. The van der Waals surface area contributed by atoms with E-state index in [2.05, 4.69) is 0 Å². The molecule has 7 rings (SSSR count). The minimum absolute atomic E-state index is 0.380. The lowest BCUT2D eigenvalue weighted by atomic mass is 9.57. The SMILES string of the molecule is ClC(Cl)(Cl)[C@@]12O[C@H]3[C@@H]4[C@H]5[C@@H]6C[C@@H]([C@@H]5[C@@H]41)[C@@H]2[C@@H]63. The molecule has 16 heavy (non-hydrogen) atoms. The summed E-state index contributed by atoms with van der Waals surface area (Å²) in [5.41, 5.74) is -0.380. The van der Waals surface area contributed by atoms with Crippen molar-refractivity contribution < 1.29 is 4.74 Å². The van der Waals surface area contributed by atoms with Gasteiger partial charge in [0, 0.05) is 11.8 Å². The highest BCUT2D eigenvalue weighted by Gasteiger charge is 2.95. The second kappa shape index (κ2) is 1.99. The summed E-state index contributed by atoms with van der Waals surface area (Å²) in [6, 6.07) is 0. The molecule has 0 radical (unpaired) electrons. The molecule has 5 aliphatic carbocycles. The van der Waals surface area contributed by atoms with Crippen LogP contribution in [0.15, 0.2) is 0 Å². The maximum atomic E-state index is 6.32. The monoisotopic (exact) mass is 276 g/mol. The first-order valence-corrected chi connectivity index (χ1v) is 7.45. The van der Waals surface area contributed by atoms with Crippen LogP contribution in [0.1, 0.15) is 6.42 Å². The maximum absolute atomic E-state index is 6.32. The first-order valence-electron chi connectivity index (χ1n) is 6.32. The van der Waals surface area contributed by atoms with Gasteiger partial charge in [-0.15, -0.1) is 0 Å². The lowest BCUT2D eigenvalue weighted by Gasteiger charge is -2.47. The van der Waals surface area contributed by atoms with Gasteiger partial charge in [-0.1, -0.05) is 34.8 Å². The van der Waals surface area contributed by atoms with E-state index in [-0.39, 0.29) is 5.60 Å². The van der Waals surface area contributed by atoms with Crippen molar-refractivity contribution >= 4 is 34.8 Å². The first-order chi connectivity index (χ1) is 7.57. The van der Waals surface area contributed by atoms with E-state index < -0.39 is 3.79 Å². The Morgan fingerprint density at radius 3 is 2.50 bits per heavy atom. The molecule has 5 saturated carbocycles. The minimum atomic E-state index is -1.21. The Kier molecular flexibility index (Phi) is 1.10. The van der Waals surface area contributed by atoms with Gasteiger partial charge < -0.3 is 4.74 Å². The Hall–Kier alpha value is 0.830. The van der Waals surface area contributed by atoms with Gasteiger partial charge in [-0.05, 0) is 41.9 Å². The molecule has 4 heteroatoms. The predicted octanol–water partition coefficient (Wildman–Crippen LogP) is 2.88. The maximum Gasteiger partial charge on any atom is 0.219 e. The number of alkyl halides is 3. The summed E-state index contributed by atoms with van der Waals surface area (Å²) in [5, 5.41) is 0. The fraction of sp³-hybridized carbons (Fsp3) is 1.00. The van der Waals surface area contributed by atoms with Crippen molar-refractivity contribution in [1.82, 2.24) is 0 Å². The van der Waals surface area contributed by atoms with E-state index in [1.165, 1.54) is 6.42 Å². The van der Waals surface area contributed by atoms with E-state index in [1.54, 1.807) is 0 Å². The smallest absolute Gasteiger partial charge is 0.219 e. The van der Waals surface area contributed by atoms with Crippen LogP contribution < -0.4 is 0 Å². The molecule has 0 unspecified atom stereocenters. The summed E-state index contributed by atoms with van der Waals surface area (Å²) in [4.78, 5) is 0. The molecule has 0 aromatic heterocycles. The van der Waals surface area contributed by atoms with E-state index in [0.29, 0.717) is 17.9 Å². The molecule has 0 amide bonds. The molecule has 10 atom stereocenters. The van der Waals surface area contributed by atoms with Gasteiger partial charge in [0.2, 0.25) is 3.79 Å². The van der Waals surface area contributed by atoms with Crippen LogP contribution in [0.3, 0.4) is 0 Å². The summed E-state index contributed by atoms with van der Waals surface area (Å²) in [6.45, 7) is 0. The van der Waals surface area contributed by atoms with E-state index in [1.807, 2.05) is 0 Å². The van der Waals surface area contributed by atoms with E-state index in [4.69, 9.17) is 39.5 Å². The molecule has 0 aromatic rings. The highest BCUT2D eigenvalue weighted by atomic mass is 35.6. The van der Waals surface area contributed by atoms with Crippen LogP contribution in [-0.2, 0) is 4.74 Å².